The number of rotatable bonds is 5. The van der Waals surface area contributed by atoms with Crippen LogP contribution in [0, 0.1) is 17.7 Å². The van der Waals surface area contributed by atoms with E-state index in [-0.39, 0.29) is 29.6 Å². The molecule has 1 N–H and O–H groups in total. The lowest BCUT2D eigenvalue weighted by atomic mass is 9.83. The van der Waals surface area contributed by atoms with Gasteiger partial charge in [-0.1, -0.05) is 19.1 Å². The van der Waals surface area contributed by atoms with Gasteiger partial charge in [0.05, 0.1) is 11.0 Å². The van der Waals surface area contributed by atoms with E-state index in [9.17, 15) is 14.0 Å². The molecule has 1 aliphatic rings. The van der Waals surface area contributed by atoms with Gasteiger partial charge in [0.15, 0.2) is 0 Å². The number of allylic oxidation sites excluding steroid dienone is 2. The molecule has 1 heterocycles. The molecular weight excluding hydrogens is 321 g/mol. The highest BCUT2D eigenvalue weighted by atomic mass is 19.1. The Kier molecular flexibility index (Phi) is 4.97. The smallest absolute Gasteiger partial charge is 0.232 e. The maximum absolute atomic E-state index is 13.3. The lowest BCUT2D eigenvalue weighted by molar-refractivity contribution is -0.145. The SMILES string of the molecule is CC1CC=CCC1C(=O)N(C=O)C(C)Cc1nc2ccc(F)cc2[nH]1. The first-order valence-corrected chi connectivity index (χ1v) is 8.56. The summed E-state index contributed by atoms with van der Waals surface area (Å²) in [6, 6.07) is 4.02. The number of aromatic nitrogens is 2. The van der Waals surface area contributed by atoms with E-state index in [1.807, 2.05) is 19.9 Å². The summed E-state index contributed by atoms with van der Waals surface area (Å²) in [5, 5.41) is 0. The zero-order valence-corrected chi connectivity index (χ0v) is 14.4. The Labute approximate surface area is 145 Å². The van der Waals surface area contributed by atoms with Crippen molar-refractivity contribution in [3.63, 3.8) is 0 Å². The highest BCUT2D eigenvalue weighted by molar-refractivity contribution is 5.88. The maximum atomic E-state index is 13.3. The standard InChI is InChI=1S/C19H22FN3O2/c1-12-5-3-4-6-15(12)19(25)23(11-24)13(2)9-18-21-16-8-7-14(20)10-17(16)22-18/h3-4,7-8,10-13,15H,5-6,9H2,1-2H3,(H,21,22). The van der Waals surface area contributed by atoms with Crippen molar-refractivity contribution in [2.24, 2.45) is 11.8 Å². The third-order valence-electron chi connectivity index (χ3n) is 4.89. The van der Waals surface area contributed by atoms with Gasteiger partial charge in [-0.3, -0.25) is 14.5 Å². The largest absolute Gasteiger partial charge is 0.342 e. The maximum Gasteiger partial charge on any atom is 0.232 e. The number of nitrogens with zero attached hydrogens (tertiary/aromatic N) is 2. The molecular formula is C19H22FN3O2. The van der Waals surface area contributed by atoms with Gasteiger partial charge in [-0.05, 0) is 43.9 Å². The predicted molar refractivity (Wildman–Crippen MR) is 93.2 cm³/mol. The number of carbonyl (C=O) groups excluding carboxylic acids is 2. The normalized spacial score (nSPS) is 21.2. The van der Waals surface area contributed by atoms with Crippen LogP contribution in [0.25, 0.3) is 11.0 Å². The molecule has 0 saturated heterocycles. The average Bonchev–Trinajstić information content (AvgIpc) is 2.97. The average molecular weight is 343 g/mol. The van der Waals surface area contributed by atoms with Crippen LogP contribution < -0.4 is 0 Å². The number of halogens is 1. The van der Waals surface area contributed by atoms with Gasteiger partial charge in [0.25, 0.3) is 0 Å². The van der Waals surface area contributed by atoms with E-state index >= 15 is 0 Å². The van der Waals surface area contributed by atoms with Crippen molar-refractivity contribution in [3.05, 3.63) is 42.0 Å². The topological polar surface area (TPSA) is 66.1 Å². The van der Waals surface area contributed by atoms with Crippen LogP contribution in [-0.2, 0) is 16.0 Å². The van der Waals surface area contributed by atoms with Gasteiger partial charge in [-0.2, -0.15) is 0 Å². The number of imide groups is 1. The van der Waals surface area contributed by atoms with Gasteiger partial charge < -0.3 is 4.98 Å². The van der Waals surface area contributed by atoms with Crippen LogP contribution in [0.15, 0.2) is 30.4 Å². The summed E-state index contributed by atoms with van der Waals surface area (Å²) < 4.78 is 13.3. The van der Waals surface area contributed by atoms with Crippen molar-refractivity contribution < 1.29 is 14.0 Å². The molecule has 0 fully saturated rings. The highest BCUT2D eigenvalue weighted by Crippen LogP contribution is 2.27. The molecule has 1 aromatic heterocycles. The van der Waals surface area contributed by atoms with E-state index in [0.717, 1.165) is 6.42 Å². The lowest BCUT2D eigenvalue weighted by Gasteiger charge is -2.31. The van der Waals surface area contributed by atoms with E-state index < -0.39 is 0 Å². The molecule has 0 radical (unpaired) electrons. The Bertz CT molecular complexity index is 814. The highest BCUT2D eigenvalue weighted by Gasteiger charge is 2.32. The number of nitrogens with one attached hydrogen (secondary N) is 1. The van der Waals surface area contributed by atoms with Crippen molar-refractivity contribution >= 4 is 23.4 Å². The zero-order chi connectivity index (χ0) is 18.0. The van der Waals surface area contributed by atoms with Gasteiger partial charge in [-0.25, -0.2) is 9.37 Å². The second-order valence-electron chi connectivity index (χ2n) is 6.78. The van der Waals surface area contributed by atoms with Gasteiger partial charge in [0.1, 0.15) is 11.6 Å². The Morgan fingerprint density at radius 1 is 1.44 bits per heavy atom. The van der Waals surface area contributed by atoms with E-state index in [0.29, 0.717) is 36.1 Å². The minimum absolute atomic E-state index is 0.137. The first kappa shape index (κ1) is 17.3. The second-order valence-corrected chi connectivity index (χ2v) is 6.78. The van der Waals surface area contributed by atoms with Gasteiger partial charge in [0, 0.05) is 18.4 Å². The molecule has 1 aliphatic carbocycles. The van der Waals surface area contributed by atoms with Crippen LogP contribution in [0.2, 0.25) is 0 Å². The fourth-order valence-electron chi connectivity index (χ4n) is 3.37. The van der Waals surface area contributed by atoms with Crippen LogP contribution in [0.1, 0.15) is 32.5 Å². The summed E-state index contributed by atoms with van der Waals surface area (Å²) in [6.45, 7) is 3.86. The van der Waals surface area contributed by atoms with Crippen molar-refractivity contribution in [2.75, 3.05) is 0 Å². The summed E-state index contributed by atoms with van der Waals surface area (Å²) in [6.07, 6.45) is 6.62. The summed E-state index contributed by atoms with van der Waals surface area (Å²) in [5.74, 6) is 0.217. The van der Waals surface area contributed by atoms with E-state index in [2.05, 4.69) is 16.0 Å². The third kappa shape index (κ3) is 3.62. The number of hydrogen-bond donors (Lipinski definition) is 1. The van der Waals surface area contributed by atoms with Crippen molar-refractivity contribution in [1.29, 1.82) is 0 Å². The molecule has 25 heavy (non-hydrogen) atoms. The predicted octanol–water partition coefficient (Wildman–Crippen LogP) is 3.22. The number of hydrogen-bond acceptors (Lipinski definition) is 3. The zero-order valence-electron chi connectivity index (χ0n) is 14.4. The molecule has 5 nitrogen and oxygen atoms in total. The first-order valence-electron chi connectivity index (χ1n) is 8.56. The summed E-state index contributed by atoms with van der Waals surface area (Å²) in [5.41, 5.74) is 1.27. The summed E-state index contributed by atoms with van der Waals surface area (Å²) >= 11 is 0. The van der Waals surface area contributed by atoms with Crippen LogP contribution in [0.5, 0.6) is 0 Å². The molecule has 0 bridgehead atoms. The lowest BCUT2D eigenvalue weighted by Crippen LogP contribution is -2.44. The number of carbonyl (C=O) groups is 2. The quantitative estimate of drug-likeness (QED) is 0.669. The van der Waals surface area contributed by atoms with Crippen LogP contribution in [0.3, 0.4) is 0 Å². The Morgan fingerprint density at radius 2 is 2.20 bits per heavy atom. The second kappa shape index (κ2) is 7.17. The molecule has 132 valence electrons. The van der Waals surface area contributed by atoms with Crippen molar-refractivity contribution in [2.45, 2.75) is 39.2 Å². The van der Waals surface area contributed by atoms with Gasteiger partial charge in [-0.15, -0.1) is 0 Å². The number of aromatic amines is 1. The third-order valence-corrected chi connectivity index (χ3v) is 4.89. The number of amides is 2. The fraction of sp³-hybridized carbons (Fsp3) is 0.421. The number of benzene rings is 1. The molecule has 3 unspecified atom stereocenters. The molecule has 0 saturated carbocycles. The molecule has 3 atom stereocenters. The Balaban J connectivity index is 1.74. The number of imidazole rings is 1. The molecule has 0 aliphatic heterocycles. The molecule has 2 aromatic rings. The van der Waals surface area contributed by atoms with Crippen LogP contribution in [-0.4, -0.2) is 33.2 Å². The van der Waals surface area contributed by atoms with E-state index in [1.165, 1.54) is 17.0 Å². The van der Waals surface area contributed by atoms with Crippen LogP contribution in [0.4, 0.5) is 4.39 Å². The molecule has 3 rings (SSSR count). The monoisotopic (exact) mass is 343 g/mol. The van der Waals surface area contributed by atoms with Crippen molar-refractivity contribution in [3.8, 4) is 0 Å². The summed E-state index contributed by atoms with van der Waals surface area (Å²) in [4.78, 5) is 33.1. The summed E-state index contributed by atoms with van der Waals surface area (Å²) in [7, 11) is 0. The van der Waals surface area contributed by atoms with E-state index in [1.54, 1.807) is 6.07 Å². The molecule has 0 spiro atoms. The molecule has 6 heteroatoms. The minimum atomic E-state index is -0.334. The molecule has 1 aromatic carbocycles. The van der Waals surface area contributed by atoms with Crippen LogP contribution >= 0.6 is 0 Å². The Hall–Kier alpha value is -2.50. The number of H-pyrrole nitrogens is 1. The van der Waals surface area contributed by atoms with Crippen molar-refractivity contribution in [1.82, 2.24) is 14.9 Å². The minimum Gasteiger partial charge on any atom is -0.342 e. The van der Waals surface area contributed by atoms with E-state index in [4.69, 9.17) is 0 Å². The molecule has 2 amide bonds. The van der Waals surface area contributed by atoms with Gasteiger partial charge >= 0.3 is 0 Å². The fourth-order valence-corrected chi connectivity index (χ4v) is 3.37. The first-order chi connectivity index (χ1) is 12.0. The Morgan fingerprint density at radius 3 is 2.92 bits per heavy atom. The van der Waals surface area contributed by atoms with Gasteiger partial charge in [0.2, 0.25) is 12.3 Å². The number of fused-ring (bicyclic) bond motifs is 1.